The molecule has 8 atom stereocenters. The molecule has 2 aliphatic carbocycles. The molecule has 5 aliphatic rings. The fraction of sp³-hybridized carbons (Fsp3) is 0.696. The summed E-state index contributed by atoms with van der Waals surface area (Å²) in [6, 6.07) is 4.04. The molecule has 5 nitrogen and oxygen atoms in total. The number of ketones is 1. The van der Waals surface area contributed by atoms with E-state index in [1.807, 2.05) is 26.8 Å². The van der Waals surface area contributed by atoms with E-state index in [9.17, 15) is 9.90 Å². The number of carbonyl (C=O) groups excluding carboxylic acids is 1. The maximum Gasteiger partial charge on any atom is 0.167 e. The van der Waals surface area contributed by atoms with Crippen molar-refractivity contribution in [1.82, 2.24) is 0 Å². The lowest BCUT2D eigenvalue weighted by molar-refractivity contribution is -0.212. The SMILES string of the molecule is Cc1c(CO)ccc2c1C(=O)[C@@H]1[C@@H]2C[C@H](Br)[C@@]23O[C@@H](C[C@@]12C)[C@@H]1OC(C)(C)O[C@@H]13. The van der Waals surface area contributed by atoms with E-state index in [2.05, 4.69) is 28.9 Å². The van der Waals surface area contributed by atoms with E-state index in [0.29, 0.717) is 0 Å². The maximum absolute atomic E-state index is 13.8. The number of alkyl halides is 1. The molecule has 156 valence electrons. The van der Waals surface area contributed by atoms with E-state index in [1.165, 1.54) is 0 Å². The normalized spacial score (nSPS) is 48.4. The van der Waals surface area contributed by atoms with Crippen molar-refractivity contribution in [2.45, 2.75) is 87.6 Å². The lowest BCUT2D eigenvalue weighted by atomic mass is 9.50. The van der Waals surface area contributed by atoms with Gasteiger partial charge in [-0.1, -0.05) is 35.0 Å². The Balaban J connectivity index is 1.50. The Labute approximate surface area is 179 Å². The largest absolute Gasteiger partial charge is 0.392 e. The molecule has 3 heterocycles. The highest BCUT2D eigenvalue weighted by atomic mass is 79.9. The fourth-order valence-corrected chi connectivity index (χ4v) is 8.74. The molecule has 1 spiro atoms. The van der Waals surface area contributed by atoms with Gasteiger partial charge in [-0.3, -0.25) is 4.79 Å². The lowest BCUT2D eigenvalue weighted by Crippen LogP contribution is -2.67. The average molecular weight is 463 g/mol. The van der Waals surface area contributed by atoms with Crippen molar-refractivity contribution in [3.05, 3.63) is 34.4 Å². The fourth-order valence-electron chi connectivity index (χ4n) is 7.45. The van der Waals surface area contributed by atoms with Crippen molar-refractivity contribution >= 4 is 21.7 Å². The summed E-state index contributed by atoms with van der Waals surface area (Å²) in [4.78, 5) is 13.9. The molecule has 29 heavy (non-hydrogen) atoms. The highest BCUT2D eigenvalue weighted by molar-refractivity contribution is 9.09. The highest BCUT2D eigenvalue weighted by Crippen LogP contribution is 2.72. The Morgan fingerprint density at radius 2 is 1.97 bits per heavy atom. The zero-order valence-electron chi connectivity index (χ0n) is 17.2. The van der Waals surface area contributed by atoms with Crippen molar-refractivity contribution in [2.24, 2.45) is 11.3 Å². The van der Waals surface area contributed by atoms with Crippen molar-refractivity contribution in [3.63, 3.8) is 0 Å². The number of halogens is 1. The van der Waals surface area contributed by atoms with E-state index >= 15 is 0 Å². The van der Waals surface area contributed by atoms with E-state index in [-0.39, 0.29) is 52.8 Å². The van der Waals surface area contributed by atoms with Crippen LogP contribution in [0.15, 0.2) is 12.1 Å². The third-order valence-electron chi connectivity index (χ3n) is 8.51. The van der Waals surface area contributed by atoms with Gasteiger partial charge in [0.25, 0.3) is 0 Å². The standard InChI is InChI=1S/C23H27BrO5/c1-10-11(9-25)5-6-12-13-7-15(24)23-20-19(28-21(2,3)29-20)14(27-23)8-22(23,4)17(13)18(26)16(10)12/h5-6,13-15,17,19-20,25H,7-9H2,1-4H3/t13-,14+,15+,17+,19+,20+,22+,23+/m1/s1. The summed E-state index contributed by atoms with van der Waals surface area (Å²) in [7, 11) is 0. The molecule has 4 fully saturated rings. The van der Waals surface area contributed by atoms with Gasteiger partial charge in [-0.25, -0.2) is 0 Å². The maximum atomic E-state index is 13.8. The highest BCUT2D eigenvalue weighted by Gasteiger charge is 2.81. The molecule has 1 saturated carbocycles. The van der Waals surface area contributed by atoms with Crippen molar-refractivity contribution < 1.29 is 24.1 Å². The minimum Gasteiger partial charge on any atom is -0.392 e. The number of carbonyl (C=O) groups is 1. The van der Waals surface area contributed by atoms with Crippen LogP contribution in [0.5, 0.6) is 0 Å². The molecule has 1 aromatic rings. The molecule has 0 radical (unpaired) electrons. The molecule has 6 heteroatoms. The van der Waals surface area contributed by atoms with E-state index < -0.39 is 11.4 Å². The van der Waals surface area contributed by atoms with Gasteiger partial charge >= 0.3 is 0 Å². The summed E-state index contributed by atoms with van der Waals surface area (Å²) < 4.78 is 19.3. The van der Waals surface area contributed by atoms with Crippen LogP contribution >= 0.6 is 15.9 Å². The number of Topliss-reactive ketones (excluding diaryl/α,β-unsaturated/α-hetero) is 1. The zero-order valence-corrected chi connectivity index (χ0v) is 18.8. The van der Waals surface area contributed by atoms with Gasteiger partial charge in [-0.05, 0) is 56.2 Å². The van der Waals surface area contributed by atoms with E-state index in [4.69, 9.17) is 14.2 Å². The van der Waals surface area contributed by atoms with Crippen LogP contribution in [0.1, 0.15) is 66.6 Å². The summed E-state index contributed by atoms with van der Waals surface area (Å²) in [5.41, 5.74) is 2.83. The lowest BCUT2D eigenvalue weighted by Gasteiger charge is -2.56. The second-order valence-electron chi connectivity index (χ2n) is 10.2. The first-order valence-corrected chi connectivity index (χ1v) is 11.5. The van der Waals surface area contributed by atoms with Gasteiger partial charge in [0.2, 0.25) is 0 Å². The van der Waals surface area contributed by atoms with Gasteiger partial charge in [-0.2, -0.15) is 0 Å². The van der Waals surface area contributed by atoms with Crippen LogP contribution in [0.3, 0.4) is 0 Å². The number of benzene rings is 1. The van der Waals surface area contributed by atoms with Gasteiger partial charge in [0.15, 0.2) is 11.6 Å². The van der Waals surface area contributed by atoms with E-state index in [0.717, 1.165) is 35.1 Å². The second kappa shape index (κ2) is 5.52. The van der Waals surface area contributed by atoms with Gasteiger partial charge in [0, 0.05) is 21.7 Å². The van der Waals surface area contributed by atoms with E-state index in [1.54, 1.807) is 0 Å². The monoisotopic (exact) mass is 462 g/mol. The van der Waals surface area contributed by atoms with Crippen molar-refractivity contribution in [3.8, 4) is 0 Å². The number of aliphatic hydroxyl groups is 1. The van der Waals surface area contributed by atoms with Gasteiger partial charge in [0.1, 0.15) is 17.8 Å². The first kappa shape index (κ1) is 18.9. The van der Waals surface area contributed by atoms with Crippen LogP contribution in [0.4, 0.5) is 0 Å². The predicted molar refractivity (Wildman–Crippen MR) is 109 cm³/mol. The topological polar surface area (TPSA) is 65.0 Å². The van der Waals surface area contributed by atoms with Crippen LogP contribution in [-0.2, 0) is 20.8 Å². The summed E-state index contributed by atoms with van der Waals surface area (Å²) in [5, 5.41) is 9.70. The average Bonchev–Trinajstić information content (AvgIpc) is 3.31. The summed E-state index contributed by atoms with van der Waals surface area (Å²) in [6.07, 6.45) is 1.35. The Kier molecular flexibility index (Phi) is 3.60. The molecule has 3 saturated heterocycles. The molecular weight excluding hydrogens is 436 g/mol. The first-order chi connectivity index (χ1) is 13.6. The predicted octanol–water partition coefficient (Wildman–Crippen LogP) is 3.62. The second-order valence-corrected chi connectivity index (χ2v) is 11.3. The third-order valence-corrected chi connectivity index (χ3v) is 9.56. The number of hydrogen-bond donors (Lipinski definition) is 1. The number of hydrogen-bond acceptors (Lipinski definition) is 5. The molecule has 3 aliphatic heterocycles. The molecular formula is C23H27BrO5. The number of rotatable bonds is 1. The van der Waals surface area contributed by atoms with Crippen molar-refractivity contribution in [2.75, 3.05) is 0 Å². The van der Waals surface area contributed by atoms with Crippen molar-refractivity contribution in [1.29, 1.82) is 0 Å². The third kappa shape index (κ3) is 1.99. The Morgan fingerprint density at radius 3 is 2.69 bits per heavy atom. The first-order valence-electron chi connectivity index (χ1n) is 10.6. The molecule has 0 unspecified atom stereocenters. The molecule has 2 bridgehead atoms. The molecule has 0 aromatic heterocycles. The number of ether oxygens (including phenoxy) is 3. The van der Waals surface area contributed by atoms with Crippen LogP contribution in [-0.4, -0.2) is 45.4 Å². The van der Waals surface area contributed by atoms with Crippen LogP contribution < -0.4 is 0 Å². The summed E-state index contributed by atoms with van der Waals surface area (Å²) in [5.74, 6) is -0.378. The molecule has 6 rings (SSSR count). The number of fused-ring (bicyclic) bond motifs is 7. The van der Waals surface area contributed by atoms with Gasteiger partial charge < -0.3 is 19.3 Å². The summed E-state index contributed by atoms with van der Waals surface area (Å²) >= 11 is 3.99. The van der Waals surface area contributed by atoms with Crippen LogP contribution in [0.2, 0.25) is 0 Å². The molecule has 1 aromatic carbocycles. The quantitative estimate of drug-likeness (QED) is 0.645. The zero-order chi connectivity index (χ0) is 20.5. The van der Waals surface area contributed by atoms with Crippen LogP contribution in [0.25, 0.3) is 0 Å². The Hall–Kier alpha value is -0.790. The minimum atomic E-state index is -0.631. The molecule has 1 N–H and O–H groups in total. The number of aliphatic hydroxyl groups excluding tert-OH is 1. The Bertz CT molecular complexity index is 943. The minimum absolute atomic E-state index is 0.0425. The smallest absolute Gasteiger partial charge is 0.167 e. The molecule has 0 amide bonds. The van der Waals surface area contributed by atoms with Gasteiger partial charge in [-0.15, -0.1) is 0 Å². The van der Waals surface area contributed by atoms with Gasteiger partial charge in [0.05, 0.1) is 12.7 Å². The van der Waals surface area contributed by atoms with Crippen LogP contribution in [0, 0.1) is 18.3 Å². The Morgan fingerprint density at radius 1 is 1.21 bits per heavy atom. The summed E-state index contributed by atoms with van der Waals surface area (Å²) in [6.45, 7) is 8.08.